The molecule has 0 N–H and O–H groups in total. The van der Waals surface area contributed by atoms with E-state index in [1.54, 1.807) is 7.11 Å². The van der Waals surface area contributed by atoms with Gasteiger partial charge in [-0.3, -0.25) is 0 Å². The largest absolute Gasteiger partial charge is 0.497 e. The number of hydrogen-bond donors (Lipinski definition) is 0. The molecule has 0 fully saturated rings. The number of ether oxygens (including phenoxy) is 1. The minimum absolute atomic E-state index is 0.943. The van der Waals surface area contributed by atoms with Crippen LogP contribution in [-0.2, 0) is 19.3 Å². The van der Waals surface area contributed by atoms with Gasteiger partial charge < -0.3 is 4.74 Å². The van der Waals surface area contributed by atoms with Crippen molar-refractivity contribution in [2.24, 2.45) is 0 Å². The summed E-state index contributed by atoms with van der Waals surface area (Å²) in [6.07, 6.45) is 10.0. The molecular formula is C22H30O. The van der Waals surface area contributed by atoms with Crippen LogP contribution in [0.2, 0.25) is 0 Å². The van der Waals surface area contributed by atoms with Gasteiger partial charge in [0.2, 0.25) is 0 Å². The molecule has 0 saturated heterocycles. The van der Waals surface area contributed by atoms with Crippen LogP contribution in [0.25, 0.3) is 0 Å². The number of methoxy groups -OCH3 is 1. The second kappa shape index (κ2) is 10.1. The van der Waals surface area contributed by atoms with Crippen LogP contribution in [0, 0.1) is 0 Å². The summed E-state index contributed by atoms with van der Waals surface area (Å²) in [5.74, 6) is 0.943. The van der Waals surface area contributed by atoms with E-state index in [1.807, 2.05) is 0 Å². The number of aryl methyl sites for hydroxylation is 3. The SMILES string of the molecule is CCCc1ccc(CCCCCCc2ccc(OC)cc2)cc1. The summed E-state index contributed by atoms with van der Waals surface area (Å²) in [7, 11) is 1.71. The van der Waals surface area contributed by atoms with Crippen LogP contribution in [0.5, 0.6) is 5.75 Å². The van der Waals surface area contributed by atoms with E-state index < -0.39 is 0 Å². The van der Waals surface area contributed by atoms with Crippen LogP contribution < -0.4 is 4.74 Å². The van der Waals surface area contributed by atoms with Crippen molar-refractivity contribution >= 4 is 0 Å². The summed E-state index contributed by atoms with van der Waals surface area (Å²) in [5, 5.41) is 0. The Morgan fingerprint density at radius 1 is 0.609 bits per heavy atom. The molecule has 0 atom stereocenters. The summed E-state index contributed by atoms with van der Waals surface area (Å²) in [6.45, 7) is 2.24. The van der Waals surface area contributed by atoms with Gasteiger partial charge in [0, 0.05) is 0 Å². The molecule has 0 aromatic heterocycles. The highest BCUT2D eigenvalue weighted by atomic mass is 16.5. The molecule has 1 nitrogen and oxygen atoms in total. The molecule has 2 rings (SSSR count). The Hall–Kier alpha value is -1.76. The number of rotatable bonds is 10. The van der Waals surface area contributed by atoms with E-state index in [4.69, 9.17) is 4.74 Å². The zero-order chi connectivity index (χ0) is 16.3. The van der Waals surface area contributed by atoms with Crippen LogP contribution in [-0.4, -0.2) is 7.11 Å². The van der Waals surface area contributed by atoms with Crippen molar-refractivity contribution in [1.29, 1.82) is 0 Å². The van der Waals surface area contributed by atoms with Crippen LogP contribution >= 0.6 is 0 Å². The van der Waals surface area contributed by atoms with Crippen LogP contribution in [0.1, 0.15) is 55.7 Å². The Morgan fingerprint density at radius 2 is 1.04 bits per heavy atom. The lowest BCUT2D eigenvalue weighted by Gasteiger charge is -2.05. The smallest absolute Gasteiger partial charge is 0.118 e. The molecule has 0 bridgehead atoms. The van der Waals surface area contributed by atoms with E-state index in [2.05, 4.69) is 55.5 Å². The van der Waals surface area contributed by atoms with E-state index >= 15 is 0 Å². The Kier molecular flexibility index (Phi) is 7.72. The van der Waals surface area contributed by atoms with Gasteiger partial charge in [-0.1, -0.05) is 62.6 Å². The fourth-order valence-corrected chi connectivity index (χ4v) is 2.97. The van der Waals surface area contributed by atoms with Crippen LogP contribution in [0.3, 0.4) is 0 Å². The zero-order valence-corrected chi connectivity index (χ0v) is 14.7. The third-order valence-electron chi connectivity index (χ3n) is 4.40. The maximum absolute atomic E-state index is 5.19. The summed E-state index contributed by atoms with van der Waals surface area (Å²) in [6, 6.07) is 17.7. The van der Waals surface area contributed by atoms with E-state index in [0.717, 1.165) is 5.75 Å². The van der Waals surface area contributed by atoms with Gasteiger partial charge in [-0.15, -0.1) is 0 Å². The summed E-state index contributed by atoms with van der Waals surface area (Å²) < 4.78 is 5.19. The summed E-state index contributed by atoms with van der Waals surface area (Å²) in [4.78, 5) is 0. The third kappa shape index (κ3) is 6.48. The topological polar surface area (TPSA) is 9.23 Å². The van der Waals surface area contributed by atoms with Gasteiger partial charge in [0.05, 0.1) is 7.11 Å². The maximum Gasteiger partial charge on any atom is 0.118 e. The molecule has 2 aromatic rings. The van der Waals surface area contributed by atoms with Gasteiger partial charge in [-0.2, -0.15) is 0 Å². The number of unbranched alkanes of at least 4 members (excludes halogenated alkanes) is 3. The van der Waals surface area contributed by atoms with E-state index in [-0.39, 0.29) is 0 Å². The molecule has 0 heterocycles. The molecule has 2 aromatic carbocycles. The normalized spacial score (nSPS) is 10.7. The fraction of sp³-hybridized carbons (Fsp3) is 0.455. The minimum Gasteiger partial charge on any atom is -0.497 e. The van der Waals surface area contributed by atoms with Crippen molar-refractivity contribution in [3.05, 3.63) is 65.2 Å². The standard InChI is InChI=1S/C22H30O/c1-3-8-19-11-13-20(14-12-19)9-6-4-5-7-10-21-15-17-22(23-2)18-16-21/h11-18H,3-10H2,1-2H3. The highest BCUT2D eigenvalue weighted by molar-refractivity contribution is 5.27. The van der Waals surface area contributed by atoms with Crippen molar-refractivity contribution in [3.8, 4) is 5.75 Å². The second-order valence-electron chi connectivity index (χ2n) is 6.33. The molecule has 23 heavy (non-hydrogen) atoms. The van der Waals surface area contributed by atoms with Crippen molar-refractivity contribution in [1.82, 2.24) is 0 Å². The number of hydrogen-bond acceptors (Lipinski definition) is 1. The lowest BCUT2D eigenvalue weighted by molar-refractivity contribution is 0.414. The van der Waals surface area contributed by atoms with Crippen molar-refractivity contribution < 1.29 is 4.74 Å². The van der Waals surface area contributed by atoms with Crippen molar-refractivity contribution in [2.45, 2.75) is 58.3 Å². The van der Waals surface area contributed by atoms with E-state index in [9.17, 15) is 0 Å². The lowest BCUT2D eigenvalue weighted by atomic mass is 10.0. The zero-order valence-electron chi connectivity index (χ0n) is 14.7. The predicted molar refractivity (Wildman–Crippen MR) is 99.3 cm³/mol. The van der Waals surface area contributed by atoms with Gasteiger partial charge in [-0.25, -0.2) is 0 Å². The molecule has 0 unspecified atom stereocenters. The molecule has 1 heteroatoms. The van der Waals surface area contributed by atoms with E-state index in [0.29, 0.717) is 0 Å². The lowest BCUT2D eigenvalue weighted by Crippen LogP contribution is -1.90. The maximum atomic E-state index is 5.19. The monoisotopic (exact) mass is 310 g/mol. The Bertz CT molecular complexity index is 539. The molecule has 0 saturated carbocycles. The average molecular weight is 310 g/mol. The van der Waals surface area contributed by atoms with Gasteiger partial charge >= 0.3 is 0 Å². The highest BCUT2D eigenvalue weighted by Gasteiger charge is 1.97. The Morgan fingerprint density at radius 3 is 1.48 bits per heavy atom. The quantitative estimate of drug-likeness (QED) is 0.489. The Labute approximate surface area is 141 Å². The molecule has 0 aliphatic carbocycles. The summed E-state index contributed by atoms with van der Waals surface area (Å²) in [5.41, 5.74) is 4.37. The molecule has 124 valence electrons. The Balaban J connectivity index is 1.58. The number of benzene rings is 2. The van der Waals surface area contributed by atoms with Gasteiger partial charge in [0.25, 0.3) is 0 Å². The fourth-order valence-electron chi connectivity index (χ4n) is 2.97. The first-order chi connectivity index (χ1) is 11.3. The first-order valence-corrected chi connectivity index (χ1v) is 9.02. The third-order valence-corrected chi connectivity index (χ3v) is 4.40. The molecule has 0 spiro atoms. The van der Waals surface area contributed by atoms with Crippen LogP contribution in [0.15, 0.2) is 48.5 Å². The highest BCUT2D eigenvalue weighted by Crippen LogP contribution is 2.15. The molecule has 0 aliphatic heterocycles. The first-order valence-electron chi connectivity index (χ1n) is 9.02. The average Bonchev–Trinajstić information content (AvgIpc) is 2.60. The van der Waals surface area contributed by atoms with Crippen molar-refractivity contribution in [2.75, 3.05) is 7.11 Å². The van der Waals surface area contributed by atoms with E-state index in [1.165, 1.54) is 68.1 Å². The predicted octanol–water partition coefficient (Wildman–Crippen LogP) is 5.99. The van der Waals surface area contributed by atoms with Gasteiger partial charge in [-0.05, 0) is 60.9 Å². The van der Waals surface area contributed by atoms with Crippen molar-refractivity contribution in [3.63, 3.8) is 0 Å². The molecule has 0 radical (unpaired) electrons. The first kappa shape index (κ1) is 17.6. The van der Waals surface area contributed by atoms with Gasteiger partial charge in [0.1, 0.15) is 5.75 Å². The second-order valence-corrected chi connectivity index (χ2v) is 6.33. The molecular weight excluding hydrogens is 280 g/mol. The van der Waals surface area contributed by atoms with Crippen LogP contribution in [0.4, 0.5) is 0 Å². The molecule has 0 aliphatic rings. The minimum atomic E-state index is 0.943. The molecule has 0 amide bonds. The summed E-state index contributed by atoms with van der Waals surface area (Å²) >= 11 is 0. The van der Waals surface area contributed by atoms with Gasteiger partial charge in [0.15, 0.2) is 0 Å².